The first kappa shape index (κ1) is 11.6. The second kappa shape index (κ2) is 5.48. The molecule has 3 heteroatoms. The number of hydrogen-bond acceptors (Lipinski definition) is 3. The molecule has 0 unspecified atom stereocenters. The highest BCUT2D eigenvalue weighted by molar-refractivity contribution is 5.32. The summed E-state index contributed by atoms with van der Waals surface area (Å²) < 4.78 is 0. The van der Waals surface area contributed by atoms with Crippen LogP contribution in [0.4, 0.5) is 0 Å². The Morgan fingerprint density at radius 2 is 2.12 bits per heavy atom. The van der Waals surface area contributed by atoms with Crippen molar-refractivity contribution in [1.82, 2.24) is 4.90 Å². The molecule has 0 radical (unpaired) electrons. The lowest BCUT2D eigenvalue weighted by molar-refractivity contribution is 0.261. The molecule has 0 N–H and O–H groups in total. The van der Waals surface area contributed by atoms with E-state index in [2.05, 4.69) is 17.0 Å². The quantitative estimate of drug-likeness (QED) is 0.773. The van der Waals surface area contributed by atoms with Gasteiger partial charge in [-0.2, -0.15) is 10.5 Å². The Hall–Kier alpha value is -1.84. The molecule has 1 aliphatic rings. The van der Waals surface area contributed by atoms with E-state index in [1.54, 1.807) is 0 Å². The molecule has 0 aromatic heterocycles. The van der Waals surface area contributed by atoms with E-state index in [4.69, 9.17) is 10.5 Å². The van der Waals surface area contributed by atoms with Crippen LogP contribution in [0.1, 0.15) is 30.4 Å². The molecule has 17 heavy (non-hydrogen) atoms. The maximum absolute atomic E-state index is 8.85. The molecule has 3 nitrogen and oxygen atoms in total. The topological polar surface area (TPSA) is 50.8 Å². The van der Waals surface area contributed by atoms with Crippen LogP contribution in [0.2, 0.25) is 0 Å². The Morgan fingerprint density at radius 1 is 1.29 bits per heavy atom. The van der Waals surface area contributed by atoms with Gasteiger partial charge in [-0.3, -0.25) is 4.90 Å². The molecule has 1 aliphatic carbocycles. The lowest BCUT2D eigenvalue weighted by Crippen LogP contribution is -2.26. The van der Waals surface area contributed by atoms with Crippen molar-refractivity contribution in [3.05, 3.63) is 35.4 Å². The smallest absolute Gasteiger partial charge is 0.0991 e. The standard InChI is InChI=1S/C14H15N3/c15-7-2-8-17(14-5-6-14)11-13-4-1-3-12(9-13)10-16/h1,3-4,9,14H,2,5-6,8,11H2. The van der Waals surface area contributed by atoms with Gasteiger partial charge in [-0.25, -0.2) is 0 Å². The van der Waals surface area contributed by atoms with Gasteiger partial charge >= 0.3 is 0 Å². The summed E-state index contributed by atoms with van der Waals surface area (Å²) in [6.07, 6.45) is 3.06. The van der Waals surface area contributed by atoms with E-state index < -0.39 is 0 Å². The minimum absolute atomic E-state index is 0.578. The highest BCUT2D eigenvalue weighted by Crippen LogP contribution is 2.28. The minimum atomic E-state index is 0.578. The van der Waals surface area contributed by atoms with E-state index in [0.717, 1.165) is 18.7 Å². The molecule has 0 aliphatic heterocycles. The van der Waals surface area contributed by atoms with Gasteiger partial charge in [-0.05, 0) is 30.5 Å². The second-order valence-electron chi connectivity index (χ2n) is 4.42. The van der Waals surface area contributed by atoms with Crippen LogP contribution >= 0.6 is 0 Å². The molecular weight excluding hydrogens is 210 g/mol. The third-order valence-electron chi connectivity index (χ3n) is 3.02. The van der Waals surface area contributed by atoms with Crippen LogP contribution < -0.4 is 0 Å². The van der Waals surface area contributed by atoms with Crippen LogP contribution in [0.3, 0.4) is 0 Å². The molecule has 0 saturated heterocycles. The first-order valence-corrected chi connectivity index (χ1v) is 5.93. The first-order chi connectivity index (χ1) is 8.33. The summed E-state index contributed by atoms with van der Waals surface area (Å²) in [7, 11) is 0. The number of nitriles is 2. The molecule has 1 fully saturated rings. The predicted molar refractivity (Wildman–Crippen MR) is 64.8 cm³/mol. The summed E-state index contributed by atoms with van der Waals surface area (Å²) in [6.45, 7) is 1.68. The third kappa shape index (κ3) is 3.31. The van der Waals surface area contributed by atoms with E-state index in [1.165, 1.54) is 12.8 Å². The fourth-order valence-electron chi connectivity index (χ4n) is 2.00. The molecule has 0 atom stereocenters. The van der Waals surface area contributed by atoms with Crippen molar-refractivity contribution < 1.29 is 0 Å². The molecule has 1 aromatic carbocycles. The fraction of sp³-hybridized carbons (Fsp3) is 0.429. The van der Waals surface area contributed by atoms with Crippen molar-refractivity contribution in [1.29, 1.82) is 10.5 Å². The fourth-order valence-corrected chi connectivity index (χ4v) is 2.00. The first-order valence-electron chi connectivity index (χ1n) is 5.93. The van der Waals surface area contributed by atoms with Crippen molar-refractivity contribution >= 4 is 0 Å². The molecule has 0 bridgehead atoms. The Balaban J connectivity index is 2.01. The average Bonchev–Trinajstić information content (AvgIpc) is 3.19. The summed E-state index contributed by atoms with van der Waals surface area (Å²) in [5.41, 5.74) is 1.87. The Kier molecular flexibility index (Phi) is 3.75. The van der Waals surface area contributed by atoms with Crippen molar-refractivity contribution in [2.75, 3.05) is 6.54 Å². The largest absolute Gasteiger partial charge is 0.295 e. The summed E-state index contributed by atoms with van der Waals surface area (Å²) in [5, 5.41) is 17.5. The van der Waals surface area contributed by atoms with Gasteiger partial charge in [0.25, 0.3) is 0 Å². The Morgan fingerprint density at radius 3 is 2.76 bits per heavy atom. The van der Waals surface area contributed by atoms with Gasteiger partial charge in [-0.1, -0.05) is 12.1 Å². The normalized spacial score (nSPS) is 14.3. The van der Waals surface area contributed by atoms with E-state index in [0.29, 0.717) is 18.0 Å². The number of rotatable bonds is 5. The van der Waals surface area contributed by atoms with Crippen molar-refractivity contribution in [2.24, 2.45) is 0 Å². The van der Waals surface area contributed by atoms with Crippen LogP contribution in [-0.2, 0) is 6.54 Å². The summed E-state index contributed by atoms with van der Waals surface area (Å²) in [4.78, 5) is 2.35. The van der Waals surface area contributed by atoms with Crippen molar-refractivity contribution in [3.63, 3.8) is 0 Å². The zero-order valence-corrected chi connectivity index (χ0v) is 9.76. The van der Waals surface area contributed by atoms with E-state index in [9.17, 15) is 0 Å². The SMILES string of the molecule is N#CCCN(Cc1cccc(C#N)c1)C1CC1. The molecule has 0 heterocycles. The third-order valence-corrected chi connectivity index (χ3v) is 3.02. The Labute approximate surface area is 102 Å². The van der Waals surface area contributed by atoms with E-state index in [-0.39, 0.29) is 0 Å². The second-order valence-corrected chi connectivity index (χ2v) is 4.42. The summed E-state index contributed by atoms with van der Waals surface area (Å²) in [6, 6.07) is 12.7. The van der Waals surface area contributed by atoms with Crippen LogP contribution in [0.25, 0.3) is 0 Å². The molecular formula is C14H15N3. The van der Waals surface area contributed by atoms with Crippen LogP contribution in [-0.4, -0.2) is 17.5 Å². The zero-order chi connectivity index (χ0) is 12.1. The molecule has 0 spiro atoms. The molecule has 1 aromatic rings. The average molecular weight is 225 g/mol. The summed E-state index contributed by atoms with van der Waals surface area (Å²) >= 11 is 0. The number of nitrogens with zero attached hydrogens (tertiary/aromatic N) is 3. The van der Waals surface area contributed by atoms with Gasteiger partial charge in [0.15, 0.2) is 0 Å². The van der Waals surface area contributed by atoms with Crippen LogP contribution in [0.15, 0.2) is 24.3 Å². The molecule has 86 valence electrons. The maximum Gasteiger partial charge on any atom is 0.0991 e. The maximum atomic E-state index is 8.85. The van der Waals surface area contributed by atoms with Crippen LogP contribution in [0, 0.1) is 22.7 Å². The summed E-state index contributed by atoms with van der Waals surface area (Å²) in [5.74, 6) is 0. The van der Waals surface area contributed by atoms with Crippen molar-refractivity contribution in [2.45, 2.75) is 31.8 Å². The van der Waals surface area contributed by atoms with Gasteiger partial charge in [0.05, 0.1) is 17.7 Å². The predicted octanol–water partition coefficient (Wildman–Crippen LogP) is 2.44. The van der Waals surface area contributed by atoms with Crippen LogP contribution in [0.5, 0.6) is 0 Å². The number of hydrogen-bond donors (Lipinski definition) is 0. The zero-order valence-electron chi connectivity index (χ0n) is 9.76. The lowest BCUT2D eigenvalue weighted by Gasteiger charge is -2.20. The van der Waals surface area contributed by atoms with Gasteiger partial charge in [-0.15, -0.1) is 0 Å². The molecule has 2 rings (SSSR count). The van der Waals surface area contributed by atoms with Gasteiger partial charge in [0, 0.05) is 25.6 Å². The van der Waals surface area contributed by atoms with E-state index >= 15 is 0 Å². The van der Waals surface area contributed by atoms with Crippen molar-refractivity contribution in [3.8, 4) is 12.1 Å². The molecule has 1 saturated carbocycles. The minimum Gasteiger partial charge on any atom is -0.295 e. The monoisotopic (exact) mass is 225 g/mol. The highest BCUT2D eigenvalue weighted by atomic mass is 15.2. The number of benzene rings is 1. The van der Waals surface area contributed by atoms with Gasteiger partial charge in [0.2, 0.25) is 0 Å². The Bertz CT molecular complexity index is 463. The lowest BCUT2D eigenvalue weighted by atomic mass is 10.1. The molecule has 0 amide bonds. The van der Waals surface area contributed by atoms with Gasteiger partial charge < -0.3 is 0 Å². The van der Waals surface area contributed by atoms with Gasteiger partial charge in [0.1, 0.15) is 0 Å². The van der Waals surface area contributed by atoms with E-state index in [1.807, 2.05) is 24.3 Å². The highest BCUT2D eigenvalue weighted by Gasteiger charge is 2.28.